The monoisotopic (exact) mass is 401 g/mol. The number of nitrogens with zero attached hydrogens (tertiary/aromatic N) is 3. The highest BCUT2D eigenvalue weighted by molar-refractivity contribution is 5.89. The lowest BCUT2D eigenvalue weighted by atomic mass is 10.1. The van der Waals surface area contributed by atoms with Crippen molar-refractivity contribution in [3.05, 3.63) is 75.7 Å². The number of carbonyl (C=O) groups is 1. The van der Waals surface area contributed by atoms with Crippen molar-refractivity contribution >= 4 is 11.7 Å². The van der Waals surface area contributed by atoms with Crippen LogP contribution in [-0.4, -0.2) is 34.6 Å². The molecule has 0 atom stereocenters. The van der Waals surface area contributed by atoms with E-state index in [4.69, 9.17) is 10.00 Å². The van der Waals surface area contributed by atoms with Crippen LogP contribution in [0.1, 0.15) is 16.8 Å². The molecule has 2 aromatic carbocycles. The number of ether oxygens (including phenoxy) is 1. The number of nitrogens with one attached hydrogen (secondary N) is 2. The van der Waals surface area contributed by atoms with E-state index in [1.54, 1.807) is 48.4 Å². The van der Waals surface area contributed by atoms with Crippen LogP contribution in [0.25, 0.3) is 11.4 Å². The summed E-state index contributed by atoms with van der Waals surface area (Å²) in [5.74, 6) is 1.16. The molecule has 30 heavy (non-hydrogen) atoms. The van der Waals surface area contributed by atoms with Gasteiger partial charge < -0.3 is 19.9 Å². The van der Waals surface area contributed by atoms with E-state index < -0.39 is 0 Å². The van der Waals surface area contributed by atoms with Crippen LogP contribution in [-0.2, 0) is 13.0 Å². The number of H-pyrrole nitrogens is 1. The molecule has 1 aliphatic rings. The van der Waals surface area contributed by atoms with E-state index >= 15 is 0 Å². The van der Waals surface area contributed by atoms with E-state index in [0.29, 0.717) is 47.0 Å². The van der Waals surface area contributed by atoms with Gasteiger partial charge in [0.05, 0.1) is 31.0 Å². The molecule has 3 aromatic rings. The largest absolute Gasteiger partial charge is 0.497 e. The van der Waals surface area contributed by atoms with Crippen LogP contribution in [0.4, 0.5) is 10.5 Å². The zero-order chi connectivity index (χ0) is 21.1. The van der Waals surface area contributed by atoms with Crippen molar-refractivity contribution in [2.45, 2.75) is 13.0 Å². The summed E-state index contributed by atoms with van der Waals surface area (Å²) >= 11 is 0. The number of hydrogen-bond acceptors (Lipinski definition) is 5. The van der Waals surface area contributed by atoms with E-state index in [2.05, 4.69) is 15.3 Å². The number of rotatable bonds is 3. The Morgan fingerprint density at radius 3 is 2.80 bits per heavy atom. The van der Waals surface area contributed by atoms with Gasteiger partial charge in [0.1, 0.15) is 11.6 Å². The van der Waals surface area contributed by atoms with Gasteiger partial charge in [0.25, 0.3) is 5.56 Å². The van der Waals surface area contributed by atoms with E-state index in [9.17, 15) is 9.59 Å². The van der Waals surface area contributed by atoms with Gasteiger partial charge in [-0.2, -0.15) is 5.26 Å². The van der Waals surface area contributed by atoms with Gasteiger partial charge in [-0.15, -0.1) is 0 Å². The van der Waals surface area contributed by atoms with Crippen LogP contribution in [0.15, 0.2) is 53.3 Å². The normalized spacial score (nSPS) is 12.6. The number of carbonyl (C=O) groups excluding carboxylic acids is 1. The van der Waals surface area contributed by atoms with Gasteiger partial charge in [0, 0.05) is 23.4 Å². The highest BCUT2D eigenvalue weighted by Crippen LogP contribution is 2.22. The number of nitriles is 1. The molecule has 0 aliphatic carbocycles. The molecule has 0 radical (unpaired) electrons. The summed E-state index contributed by atoms with van der Waals surface area (Å²) in [7, 11) is 1.59. The van der Waals surface area contributed by atoms with Crippen molar-refractivity contribution in [2.75, 3.05) is 19.0 Å². The Balaban J connectivity index is 1.56. The summed E-state index contributed by atoms with van der Waals surface area (Å²) in [6, 6.07) is 15.7. The summed E-state index contributed by atoms with van der Waals surface area (Å²) in [6.45, 7) is 0.635. The molecule has 4 rings (SSSR count). The Kier molecular flexibility index (Phi) is 5.18. The first kappa shape index (κ1) is 19.2. The van der Waals surface area contributed by atoms with Crippen LogP contribution in [0, 0.1) is 11.3 Å². The number of fused-ring (bicyclic) bond motifs is 1. The van der Waals surface area contributed by atoms with Crippen molar-refractivity contribution in [3.63, 3.8) is 0 Å². The Morgan fingerprint density at radius 2 is 2.07 bits per heavy atom. The van der Waals surface area contributed by atoms with Gasteiger partial charge in [0.15, 0.2) is 0 Å². The lowest BCUT2D eigenvalue weighted by Gasteiger charge is -2.28. The van der Waals surface area contributed by atoms with E-state index in [1.165, 1.54) is 0 Å². The minimum absolute atomic E-state index is 0.187. The number of amides is 2. The summed E-state index contributed by atoms with van der Waals surface area (Å²) < 4.78 is 5.16. The van der Waals surface area contributed by atoms with Gasteiger partial charge in [-0.3, -0.25) is 4.79 Å². The van der Waals surface area contributed by atoms with Gasteiger partial charge in [-0.05, 0) is 48.9 Å². The maximum absolute atomic E-state index is 12.7. The highest BCUT2D eigenvalue weighted by atomic mass is 16.5. The highest BCUT2D eigenvalue weighted by Gasteiger charge is 2.24. The summed E-state index contributed by atoms with van der Waals surface area (Å²) in [5.41, 5.74) is 2.76. The van der Waals surface area contributed by atoms with Gasteiger partial charge in [0.2, 0.25) is 0 Å². The molecule has 0 unspecified atom stereocenters. The first-order valence-electron chi connectivity index (χ1n) is 9.40. The van der Waals surface area contributed by atoms with E-state index in [0.717, 1.165) is 5.56 Å². The number of urea groups is 1. The molecule has 0 fully saturated rings. The molecule has 8 heteroatoms. The van der Waals surface area contributed by atoms with E-state index in [1.807, 2.05) is 18.2 Å². The van der Waals surface area contributed by atoms with Crippen molar-refractivity contribution in [2.24, 2.45) is 0 Å². The molecule has 150 valence electrons. The maximum atomic E-state index is 12.7. The quantitative estimate of drug-likeness (QED) is 0.701. The third-order valence-corrected chi connectivity index (χ3v) is 4.97. The molecular formula is C22H19N5O3. The minimum Gasteiger partial charge on any atom is -0.497 e. The number of aromatic nitrogens is 2. The molecule has 2 N–H and O–H groups in total. The zero-order valence-electron chi connectivity index (χ0n) is 16.3. The number of benzene rings is 2. The van der Waals surface area contributed by atoms with Crippen LogP contribution >= 0.6 is 0 Å². The Bertz CT molecular complexity index is 1190. The summed E-state index contributed by atoms with van der Waals surface area (Å²) in [4.78, 5) is 34.3. The second-order valence-electron chi connectivity index (χ2n) is 6.86. The average molecular weight is 401 g/mol. The van der Waals surface area contributed by atoms with Crippen molar-refractivity contribution in [1.82, 2.24) is 14.9 Å². The summed E-state index contributed by atoms with van der Waals surface area (Å²) in [5, 5.41) is 11.8. The third-order valence-electron chi connectivity index (χ3n) is 4.97. The predicted octanol–water partition coefficient (Wildman–Crippen LogP) is 2.91. The average Bonchev–Trinajstić information content (AvgIpc) is 2.78. The molecule has 1 aromatic heterocycles. The SMILES string of the molecule is COc1ccc(-c2nc3c(c(=O)[nH]2)CCN(C(=O)Nc2cccc(C#N)c2)C3)cc1. The molecule has 0 bridgehead atoms. The van der Waals surface area contributed by atoms with Crippen LogP contribution in [0.3, 0.4) is 0 Å². The Morgan fingerprint density at radius 1 is 1.27 bits per heavy atom. The number of hydrogen-bond donors (Lipinski definition) is 2. The van der Waals surface area contributed by atoms with Crippen LogP contribution in [0.5, 0.6) is 5.75 Å². The standard InChI is InChI=1S/C22H19N5O3/c1-30-17-7-5-15(6-8-17)20-25-19-13-27(10-9-18(19)21(28)26-20)22(29)24-16-4-2-3-14(11-16)12-23/h2-8,11H,9-10,13H2,1H3,(H,24,29)(H,25,26,28). The Labute approximate surface area is 172 Å². The first-order valence-corrected chi connectivity index (χ1v) is 9.40. The smallest absolute Gasteiger partial charge is 0.322 e. The fraction of sp³-hybridized carbons (Fsp3) is 0.182. The number of anilines is 1. The van der Waals surface area contributed by atoms with Crippen molar-refractivity contribution < 1.29 is 9.53 Å². The second kappa shape index (κ2) is 8.09. The van der Waals surface area contributed by atoms with Crippen LogP contribution < -0.4 is 15.6 Å². The summed E-state index contributed by atoms with van der Waals surface area (Å²) in [6.07, 6.45) is 0.423. The molecule has 8 nitrogen and oxygen atoms in total. The lowest BCUT2D eigenvalue weighted by Crippen LogP contribution is -2.41. The topological polar surface area (TPSA) is 111 Å². The van der Waals surface area contributed by atoms with Crippen molar-refractivity contribution in [1.29, 1.82) is 5.26 Å². The van der Waals surface area contributed by atoms with E-state index in [-0.39, 0.29) is 18.1 Å². The fourth-order valence-corrected chi connectivity index (χ4v) is 3.37. The molecule has 0 saturated heterocycles. The molecular weight excluding hydrogens is 382 g/mol. The molecule has 1 aliphatic heterocycles. The zero-order valence-corrected chi connectivity index (χ0v) is 16.3. The minimum atomic E-state index is -0.302. The predicted molar refractivity (Wildman–Crippen MR) is 111 cm³/mol. The fourth-order valence-electron chi connectivity index (χ4n) is 3.37. The van der Waals surface area contributed by atoms with Gasteiger partial charge >= 0.3 is 6.03 Å². The Hall–Kier alpha value is -4.12. The third kappa shape index (κ3) is 3.86. The van der Waals surface area contributed by atoms with Gasteiger partial charge in [-0.1, -0.05) is 6.07 Å². The molecule has 2 amide bonds. The van der Waals surface area contributed by atoms with Crippen LogP contribution in [0.2, 0.25) is 0 Å². The number of methoxy groups -OCH3 is 1. The van der Waals surface area contributed by atoms with Gasteiger partial charge in [-0.25, -0.2) is 9.78 Å². The molecule has 0 spiro atoms. The first-order chi connectivity index (χ1) is 14.6. The number of aromatic amines is 1. The van der Waals surface area contributed by atoms with Crippen molar-refractivity contribution in [3.8, 4) is 23.2 Å². The second-order valence-corrected chi connectivity index (χ2v) is 6.86. The molecule has 0 saturated carbocycles. The molecule has 2 heterocycles. The maximum Gasteiger partial charge on any atom is 0.322 e. The lowest BCUT2D eigenvalue weighted by molar-refractivity contribution is 0.205.